The highest BCUT2D eigenvalue weighted by molar-refractivity contribution is 5.89. The smallest absolute Gasteiger partial charge is 0.337 e. The number of aromatic nitrogens is 1. The van der Waals surface area contributed by atoms with Crippen LogP contribution in [0.1, 0.15) is 48.5 Å². The van der Waals surface area contributed by atoms with Crippen molar-refractivity contribution >= 4 is 5.97 Å². The van der Waals surface area contributed by atoms with Crippen molar-refractivity contribution in [2.75, 3.05) is 0 Å². The van der Waals surface area contributed by atoms with E-state index in [1.165, 1.54) is 0 Å². The van der Waals surface area contributed by atoms with Crippen molar-refractivity contribution in [1.29, 1.82) is 0 Å². The van der Waals surface area contributed by atoms with Crippen molar-refractivity contribution < 1.29 is 9.90 Å². The number of carbonyl (C=O) groups is 1. The van der Waals surface area contributed by atoms with Gasteiger partial charge in [0.25, 0.3) is 0 Å². The minimum atomic E-state index is -0.844. The highest BCUT2D eigenvalue weighted by Crippen LogP contribution is 2.25. The first kappa shape index (κ1) is 9.84. The van der Waals surface area contributed by atoms with E-state index in [1.807, 2.05) is 0 Å². The Bertz CT molecular complexity index is 287. The first-order chi connectivity index (χ1) is 6.20. The van der Waals surface area contributed by atoms with Crippen molar-refractivity contribution in [3.8, 4) is 0 Å². The topological polar surface area (TPSA) is 53.1 Å². The fraction of sp³-hybridized carbons (Fsp3) is 0.500. The van der Waals surface area contributed by atoms with Gasteiger partial charge >= 0.3 is 5.97 Å². The molecule has 0 atom stereocenters. The summed E-state index contributed by atoms with van der Waals surface area (Å²) in [7, 11) is 0. The molecule has 0 amide bonds. The van der Waals surface area contributed by atoms with Gasteiger partial charge in [-0.1, -0.05) is 13.8 Å². The first-order valence-electron chi connectivity index (χ1n) is 4.60. The highest BCUT2D eigenvalue weighted by Gasteiger charge is 2.16. The second-order valence-electron chi connectivity index (χ2n) is 3.14. The molecule has 2 N–H and O–H groups in total. The van der Waals surface area contributed by atoms with Crippen LogP contribution in [0.3, 0.4) is 0 Å². The molecule has 0 aliphatic rings. The van der Waals surface area contributed by atoms with E-state index >= 15 is 0 Å². The van der Waals surface area contributed by atoms with Crippen LogP contribution in [-0.4, -0.2) is 16.1 Å². The Kier molecular flexibility index (Phi) is 3.12. The van der Waals surface area contributed by atoms with Crippen LogP contribution in [0.25, 0.3) is 0 Å². The molecule has 1 aromatic rings. The predicted octanol–water partition coefficient (Wildman–Crippen LogP) is 2.62. The minimum absolute atomic E-state index is 0.359. The molecule has 1 heterocycles. The van der Waals surface area contributed by atoms with Gasteiger partial charge in [0.1, 0.15) is 0 Å². The lowest BCUT2D eigenvalue weighted by Crippen LogP contribution is -2.03. The van der Waals surface area contributed by atoms with Gasteiger partial charge < -0.3 is 10.1 Å². The predicted molar refractivity (Wildman–Crippen MR) is 51.1 cm³/mol. The molecule has 1 rings (SSSR count). The summed E-state index contributed by atoms with van der Waals surface area (Å²) in [6.07, 6.45) is 5.31. The number of carboxylic acid groups (broad SMARTS) is 1. The van der Waals surface area contributed by atoms with Gasteiger partial charge in [0.15, 0.2) is 0 Å². The van der Waals surface area contributed by atoms with Crippen molar-refractivity contribution in [2.24, 2.45) is 0 Å². The Labute approximate surface area is 77.8 Å². The standard InChI is InChI=1S/C10H15NO2/c1-3-7(4-2)8-5-11-6-9(8)10(12)13/h5-7,11H,3-4H2,1-2H3,(H,12,13). The molecule has 0 aliphatic heterocycles. The summed E-state index contributed by atoms with van der Waals surface area (Å²) < 4.78 is 0. The zero-order chi connectivity index (χ0) is 9.84. The summed E-state index contributed by atoms with van der Waals surface area (Å²) in [6.45, 7) is 4.15. The van der Waals surface area contributed by atoms with Gasteiger partial charge in [-0.3, -0.25) is 0 Å². The zero-order valence-electron chi connectivity index (χ0n) is 8.00. The Morgan fingerprint density at radius 2 is 2.08 bits per heavy atom. The van der Waals surface area contributed by atoms with E-state index in [1.54, 1.807) is 12.4 Å². The summed E-state index contributed by atoms with van der Waals surface area (Å²) in [5.41, 5.74) is 1.34. The Balaban J connectivity index is 2.98. The lowest BCUT2D eigenvalue weighted by atomic mass is 9.93. The van der Waals surface area contributed by atoms with Crippen LogP contribution in [0.2, 0.25) is 0 Å². The van der Waals surface area contributed by atoms with Gasteiger partial charge in [-0.05, 0) is 24.3 Å². The summed E-state index contributed by atoms with van der Waals surface area (Å²) in [5, 5.41) is 8.87. The molecule has 0 aliphatic carbocycles. The Morgan fingerprint density at radius 3 is 2.54 bits per heavy atom. The number of rotatable bonds is 4. The van der Waals surface area contributed by atoms with Crippen LogP contribution >= 0.6 is 0 Å². The Hall–Kier alpha value is -1.25. The summed E-state index contributed by atoms with van der Waals surface area (Å²) >= 11 is 0. The number of nitrogens with one attached hydrogen (secondary N) is 1. The number of H-pyrrole nitrogens is 1. The van der Waals surface area contributed by atoms with Gasteiger partial charge in [-0.25, -0.2) is 4.79 Å². The van der Waals surface area contributed by atoms with Gasteiger partial charge in [-0.2, -0.15) is 0 Å². The summed E-state index contributed by atoms with van der Waals surface area (Å²) in [4.78, 5) is 13.6. The monoisotopic (exact) mass is 181 g/mol. The quantitative estimate of drug-likeness (QED) is 0.750. The molecule has 1 aromatic heterocycles. The molecule has 3 nitrogen and oxygen atoms in total. The number of aromatic amines is 1. The third-order valence-electron chi connectivity index (χ3n) is 2.43. The summed E-state index contributed by atoms with van der Waals surface area (Å²) in [5.74, 6) is -0.486. The van der Waals surface area contributed by atoms with E-state index < -0.39 is 5.97 Å². The van der Waals surface area contributed by atoms with E-state index in [0.29, 0.717) is 11.5 Å². The second-order valence-corrected chi connectivity index (χ2v) is 3.14. The average Bonchev–Trinajstić information content (AvgIpc) is 2.55. The van der Waals surface area contributed by atoms with Crippen LogP contribution in [0.4, 0.5) is 0 Å². The number of carboxylic acids is 1. The number of hydrogen-bond acceptors (Lipinski definition) is 1. The van der Waals surface area contributed by atoms with Crippen molar-refractivity contribution in [3.05, 3.63) is 23.5 Å². The Morgan fingerprint density at radius 1 is 1.46 bits per heavy atom. The molecule has 0 spiro atoms. The lowest BCUT2D eigenvalue weighted by molar-refractivity contribution is 0.0695. The lowest BCUT2D eigenvalue weighted by Gasteiger charge is -2.11. The summed E-state index contributed by atoms with van der Waals surface area (Å²) in [6, 6.07) is 0. The molecule has 0 aromatic carbocycles. The molecular formula is C10H15NO2. The maximum Gasteiger partial charge on any atom is 0.337 e. The normalized spacial score (nSPS) is 10.7. The van der Waals surface area contributed by atoms with Crippen LogP contribution in [-0.2, 0) is 0 Å². The number of aromatic carboxylic acids is 1. The fourth-order valence-corrected chi connectivity index (χ4v) is 1.63. The molecule has 3 heteroatoms. The van der Waals surface area contributed by atoms with Gasteiger partial charge in [-0.15, -0.1) is 0 Å². The molecule has 72 valence electrons. The van der Waals surface area contributed by atoms with E-state index in [-0.39, 0.29) is 0 Å². The SMILES string of the molecule is CCC(CC)c1c[nH]cc1C(=O)O. The van der Waals surface area contributed by atoms with E-state index in [4.69, 9.17) is 5.11 Å². The number of hydrogen-bond donors (Lipinski definition) is 2. The van der Waals surface area contributed by atoms with Gasteiger partial charge in [0.05, 0.1) is 5.56 Å². The van der Waals surface area contributed by atoms with Crippen LogP contribution < -0.4 is 0 Å². The second kappa shape index (κ2) is 4.12. The molecule has 0 saturated heterocycles. The maximum absolute atomic E-state index is 10.8. The maximum atomic E-state index is 10.8. The first-order valence-corrected chi connectivity index (χ1v) is 4.60. The molecule has 13 heavy (non-hydrogen) atoms. The van der Waals surface area contributed by atoms with E-state index in [9.17, 15) is 4.79 Å². The van der Waals surface area contributed by atoms with E-state index in [0.717, 1.165) is 18.4 Å². The van der Waals surface area contributed by atoms with Crippen LogP contribution in [0.5, 0.6) is 0 Å². The van der Waals surface area contributed by atoms with Gasteiger partial charge in [0, 0.05) is 12.4 Å². The third-order valence-corrected chi connectivity index (χ3v) is 2.43. The molecule has 0 bridgehead atoms. The fourth-order valence-electron chi connectivity index (χ4n) is 1.63. The van der Waals surface area contributed by atoms with E-state index in [2.05, 4.69) is 18.8 Å². The molecule has 0 radical (unpaired) electrons. The van der Waals surface area contributed by atoms with Crippen molar-refractivity contribution in [3.63, 3.8) is 0 Å². The van der Waals surface area contributed by atoms with Crippen LogP contribution in [0.15, 0.2) is 12.4 Å². The molecular weight excluding hydrogens is 166 g/mol. The average molecular weight is 181 g/mol. The van der Waals surface area contributed by atoms with Crippen molar-refractivity contribution in [1.82, 2.24) is 4.98 Å². The molecule has 0 saturated carbocycles. The molecule has 0 fully saturated rings. The molecule has 0 unspecified atom stereocenters. The van der Waals surface area contributed by atoms with Crippen molar-refractivity contribution in [2.45, 2.75) is 32.6 Å². The largest absolute Gasteiger partial charge is 0.478 e. The highest BCUT2D eigenvalue weighted by atomic mass is 16.4. The zero-order valence-corrected chi connectivity index (χ0v) is 8.00. The minimum Gasteiger partial charge on any atom is -0.478 e. The van der Waals surface area contributed by atoms with Crippen LogP contribution in [0, 0.1) is 0 Å². The third kappa shape index (κ3) is 1.91. The van der Waals surface area contributed by atoms with Gasteiger partial charge in [0.2, 0.25) is 0 Å².